The lowest BCUT2D eigenvalue weighted by Crippen LogP contribution is -2.15. The number of carbonyl (C=O) groups excluding carboxylic acids is 1. The van der Waals surface area contributed by atoms with Gasteiger partial charge in [-0.05, 0) is 48.4 Å². The highest BCUT2D eigenvalue weighted by atomic mass is 19.2. The largest absolute Gasteiger partial charge is 0.306 e. The molecule has 0 unspecified atom stereocenters. The molecule has 120 valence electrons. The Bertz CT molecular complexity index is 898. The standard InChI is InChI=1S/C18H13F2N3O/c1-11-5-7-21-10-14(11)12-8-13(17(20)15(19)9-12)18(24)23-16-4-2-3-6-22-16/h2-10H,1H3,(H,22,23,24). The van der Waals surface area contributed by atoms with Crippen LogP contribution in [0.5, 0.6) is 0 Å². The summed E-state index contributed by atoms with van der Waals surface area (Å²) in [6, 6.07) is 9.03. The number of nitrogens with zero attached hydrogens (tertiary/aromatic N) is 2. The normalized spacial score (nSPS) is 10.5. The summed E-state index contributed by atoms with van der Waals surface area (Å²) in [6.45, 7) is 1.83. The highest BCUT2D eigenvalue weighted by Crippen LogP contribution is 2.26. The minimum absolute atomic E-state index is 0.255. The van der Waals surface area contributed by atoms with Crippen LogP contribution in [0.25, 0.3) is 11.1 Å². The van der Waals surface area contributed by atoms with E-state index in [1.807, 2.05) is 6.92 Å². The van der Waals surface area contributed by atoms with Crippen molar-refractivity contribution in [1.82, 2.24) is 9.97 Å². The summed E-state index contributed by atoms with van der Waals surface area (Å²) in [7, 11) is 0. The average molecular weight is 325 g/mol. The maximum atomic E-state index is 14.1. The molecule has 0 radical (unpaired) electrons. The highest BCUT2D eigenvalue weighted by Gasteiger charge is 2.19. The van der Waals surface area contributed by atoms with E-state index in [0.29, 0.717) is 11.1 Å². The third-order valence-electron chi connectivity index (χ3n) is 3.53. The topological polar surface area (TPSA) is 54.9 Å². The fraction of sp³-hybridized carbons (Fsp3) is 0.0556. The maximum Gasteiger partial charge on any atom is 0.259 e. The van der Waals surface area contributed by atoms with Crippen molar-refractivity contribution < 1.29 is 13.6 Å². The molecule has 0 aliphatic rings. The van der Waals surface area contributed by atoms with E-state index in [-0.39, 0.29) is 11.4 Å². The summed E-state index contributed by atoms with van der Waals surface area (Å²) in [6.07, 6.45) is 4.64. The van der Waals surface area contributed by atoms with Crippen LogP contribution in [0.15, 0.2) is 55.0 Å². The molecule has 1 aromatic carbocycles. The molecule has 0 saturated carbocycles. The Hall–Kier alpha value is -3.15. The molecule has 4 nitrogen and oxygen atoms in total. The number of benzene rings is 1. The van der Waals surface area contributed by atoms with Gasteiger partial charge in [0, 0.05) is 24.2 Å². The average Bonchev–Trinajstić information content (AvgIpc) is 2.58. The first kappa shape index (κ1) is 15.7. The second-order valence-electron chi connectivity index (χ2n) is 5.18. The number of aryl methyl sites for hydroxylation is 1. The summed E-state index contributed by atoms with van der Waals surface area (Å²) in [4.78, 5) is 20.2. The molecule has 3 rings (SSSR count). The molecule has 0 aliphatic heterocycles. The van der Waals surface area contributed by atoms with Crippen LogP contribution in [0.2, 0.25) is 0 Å². The fourth-order valence-corrected chi connectivity index (χ4v) is 2.30. The van der Waals surface area contributed by atoms with Crippen LogP contribution in [0, 0.1) is 18.6 Å². The molecule has 0 fully saturated rings. The molecule has 3 aromatic rings. The first-order chi connectivity index (χ1) is 11.6. The van der Waals surface area contributed by atoms with Crippen LogP contribution in [-0.4, -0.2) is 15.9 Å². The van der Waals surface area contributed by atoms with E-state index in [1.54, 1.807) is 36.7 Å². The Kier molecular flexibility index (Phi) is 4.29. The zero-order valence-corrected chi connectivity index (χ0v) is 12.8. The quantitative estimate of drug-likeness (QED) is 0.792. The number of amides is 1. The third kappa shape index (κ3) is 3.12. The lowest BCUT2D eigenvalue weighted by atomic mass is 10.00. The molecule has 0 bridgehead atoms. The molecule has 1 N–H and O–H groups in total. The number of aromatic nitrogens is 2. The molecule has 0 spiro atoms. The van der Waals surface area contributed by atoms with E-state index >= 15 is 0 Å². The SMILES string of the molecule is Cc1ccncc1-c1cc(F)c(F)c(C(=O)Nc2ccccn2)c1. The number of rotatable bonds is 3. The van der Waals surface area contributed by atoms with Crippen molar-refractivity contribution in [1.29, 1.82) is 0 Å². The summed E-state index contributed by atoms with van der Waals surface area (Å²) >= 11 is 0. The van der Waals surface area contributed by atoms with Gasteiger partial charge < -0.3 is 5.32 Å². The monoisotopic (exact) mass is 325 g/mol. The zero-order chi connectivity index (χ0) is 17.1. The summed E-state index contributed by atoms with van der Waals surface area (Å²) in [5.41, 5.74) is 1.46. The lowest BCUT2D eigenvalue weighted by Gasteiger charge is -2.10. The Morgan fingerprint density at radius 3 is 2.67 bits per heavy atom. The van der Waals surface area contributed by atoms with Gasteiger partial charge in [-0.3, -0.25) is 9.78 Å². The Balaban J connectivity index is 2.02. The van der Waals surface area contributed by atoms with Crippen molar-refractivity contribution in [2.75, 3.05) is 5.32 Å². The molecular formula is C18H13F2N3O. The van der Waals surface area contributed by atoms with Gasteiger partial charge in [-0.1, -0.05) is 6.07 Å². The fourth-order valence-electron chi connectivity index (χ4n) is 2.30. The van der Waals surface area contributed by atoms with Crippen LogP contribution >= 0.6 is 0 Å². The number of pyridine rings is 2. The molecule has 24 heavy (non-hydrogen) atoms. The van der Waals surface area contributed by atoms with Crippen LogP contribution < -0.4 is 5.32 Å². The molecule has 0 atom stereocenters. The smallest absolute Gasteiger partial charge is 0.259 e. The van der Waals surface area contributed by atoms with E-state index < -0.39 is 17.5 Å². The molecule has 2 aromatic heterocycles. The number of carbonyl (C=O) groups is 1. The number of nitrogens with one attached hydrogen (secondary N) is 1. The van der Waals surface area contributed by atoms with Gasteiger partial charge in [-0.15, -0.1) is 0 Å². The molecule has 6 heteroatoms. The second kappa shape index (κ2) is 6.54. The van der Waals surface area contributed by atoms with E-state index in [2.05, 4.69) is 15.3 Å². The van der Waals surface area contributed by atoms with Crippen LogP contribution in [-0.2, 0) is 0 Å². The van der Waals surface area contributed by atoms with Crippen molar-refractivity contribution in [3.63, 3.8) is 0 Å². The first-order valence-electron chi connectivity index (χ1n) is 7.18. The van der Waals surface area contributed by atoms with Crippen molar-refractivity contribution in [3.05, 3.63) is 77.8 Å². The van der Waals surface area contributed by atoms with Gasteiger partial charge in [0.2, 0.25) is 0 Å². The predicted octanol–water partition coefficient (Wildman–Crippen LogP) is 3.98. The summed E-state index contributed by atoms with van der Waals surface area (Å²) in [5, 5.41) is 2.45. The summed E-state index contributed by atoms with van der Waals surface area (Å²) < 4.78 is 28.0. The lowest BCUT2D eigenvalue weighted by molar-refractivity contribution is 0.102. The van der Waals surface area contributed by atoms with Gasteiger partial charge in [0.15, 0.2) is 11.6 Å². The molecular weight excluding hydrogens is 312 g/mol. The van der Waals surface area contributed by atoms with E-state index in [9.17, 15) is 13.6 Å². The van der Waals surface area contributed by atoms with Gasteiger partial charge in [0.1, 0.15) is 5.82 Å². The van der Waals surface area contributed by atoms with Gasteiger partial charge in [-0.2, -0.15) is 0 Å². The van der Waals surface area contributed by atoms with Crippen LogP contribution in [0.3, 0.4) is 0 Å². The highest BCUT2D eigenvalue weighted by molar-refractivity contribution is 6.04. The Morgan fingerprint density at radius 1 is 1.12 bits per heavy atom. The number of anilines is 1. The zero-order valence-electron chi connectivity index (χ0n) is 12.8. The number of halogens is 2. The van der Waals surface area contributed by atoms with Crippen LogP contribution in [0.4, 0.5) is 14.6 Å². The second-order valence-corrected chi connectivity index (χ2v) is 5.18. The molecule has 1 amide bonds. The first-order valence-corrected chi connectivity index (χ1v) is 7.18. The van der Waals surface area contributed by atoms with Gasteiger partial charge in [0.05, 0.1) is 5.56 Å². The minimum atomic E-state index is -1.20. The molecule has 0 saturated heterocycles. The van der Waals surface area contributed by atoms with Gasteiger partial charge in [0.25, 0.3) is 5.91 Å². The Morgan fingerprint density at radius 2 is 1.96 bits per heavy atom. The molecule has 0 aliphatic carbocycles. The summed E-state index contributed by atoms with van der Waals surface area (Å²) in [5.74, 6) is -2.81. The number of hydrogen-bond acceptors (Lipinski definition) is 3. The minimum Gasteiger partial charge on any atom is -0.306 e. The van der Waals surface area contributed by atoms with E-state index in [1.165, 1.54) is 12.3 Å². The van der Waals surface area contributed by atoms with Crippen molar-refractivity contribution >= 4 is 11.7 Å². The van der Waals surface area contributed by atoms with Crippen molar-refractivity contribution in [2.45, 2.75) is 6.92 Å². The molecule has 2 heterocycles. The maximum absolute atomic E-state index is 14.1. The number of hydrogen-bond donors (Lipinski definition) is 1. The van der Waals surface area contributed by atoms with E-state index in [0.717, 1.165) is 11.6 Å². The van der Waals surface area contributed by atoms with Gasteiger partial charge >= 0.3 is 0 Å². The Labute approximate surface area is 137 Å². The third-order valence-corrected chi connectivity index (χ3v) is 3.53. The van der Waals surface area contributed by atoms with Crippen molar-refractivity contribution in [3.8, 4) is 11.1 Å². The predicted molar refractivity (Wildman–Crippen MR) is 86.5 cm³/mol. The van der Waals surface area contributed by atoms with E-state index in [4.69, 9.17) is 0 Å². The van der Waals surface area contributed by atoms with Crippen LogP contribution in [0.1, 0.15) is 15.9 Å². The van der Waals surface area contributed by atoms with Gasteiger partial charge in [-0.25, -0.2) is 13.8 Å². The van der Waals surface area contributed by atoms with Crippen molar-refractivity contribution in [2.24, 2.45) is 0 Å².